The van der Waals surface area contributed by atoms with Crippen LogP contribution < -0.4 is 10.9 Å². The normalized spacial score (nSPS) is 10.6. The van der Waals surface area contributed by atoms with Crippen molar-refractivity contribution in [3.05, 3.63) is 64.4 Å². The summed E-state index contributed by atoms with van der Waals surface area (Å²) in [5.41, 5.74) is 1.54. The van der Waals surface area contributed by atoms with Crippen LogP contribution >= 0.6 is 11.8 Å². The summed E-state index contributed by atoms with van der Waals surface area (Å²) >= 11 is 1.18. The van der Waals surface area contributed by atoms with Gasteiger partial charge in [-0.25, -0.2) is 4.98 Å². The molecule has 0 aliphatic rings. The van der Waals surface area contributed by atoms with E-state index in [2.05, 4.69) is 15.3 Å². The number of anilines is 1. The van der Waals surface area contributed by atoms with Crippen LogP contribution in [0.15, 0.2) is 58.5 Å². The van der Waals surface area contributed by atoms with Crippen LogP contribution in [0.2, 0.25) is 0 Å². The first kappa shape index (κ1) is 16.9. The van der Waals surface area contributed by atoms with Crippen molar-refractivity contribution in [2.24, 2.45) is 0 Å². The summed E-state index contributed by atoms with van der Waals surface area (Å²) in [6.45, 7) is 1.42. The number of H-pyrrole nitrogens is 1. The highest BCUT2D eigenvalue weighted by atomic mass is 32.2. The number of nitrogens with one attached hydrogen (secondary N) is 2. The zero-order chi connectivity index (χ0) is 17.8. The van der Waals surface area contributed by atoms with E-state index >= 15 is 0 Å². The predicted octanol–water partition coefficient (Wildman–Crippen LogP) is 2.86. The summed E-state index contributed by atoms with van der Waals surface area (Å²) < 4.78 is 0. The molecule has 6 nitrogen and oxygen atoms in total. The lowest BCUT2D eigenvalue weighted by Gasteiger charge is -2.05. The summed E-state index contributed by atoms with van der Waals surface area (Å²) in [5.74, 6) is -0.100. The molecule has 7 heteroatoms. The number of aromatic nitrogens is 2. The number of nitrogens with zero attached hydrogens (tertiary/aromatic N) is 1. The Morgan fingerprint density at radius 3 is 2.56 bits per heavy atom. The second-order valence-electron chi connectivity index (χ2n) is 5.36. The quantitative estimate of drug-likeness (QED) is 0.418. The van der Waals surface area contributed by atoms with E-state index < -0.39 is 0 Å². The van der Waals surface area contributed by atoms with Crippen LogP contribution in [0.3, 0.4) is 0 Å². The highest BCUT2D eigenvalue weighted by Gasteiger charge is 2.09. The SMILES string of the molecule is CC(=O)Nc1ccc(C(=O)CSc2nc3ccccc3c(=O)[nH]2)cc1. The molecule has 0 aliphatic heterocycles. The van der Waals surface area contributed by atoms with E-state index in [-0.39, 0.29) is 23.0 Å². The van der Waals surface area contributed by atoms with E-state index in [0.717, 1.165) is 0 Å². The molecular weight excluding hydrogens is 338 g/mol. The first-order valence-corrected chi connectivity index (χ1v) is 8.54. The molecule has 1 heterocycles. The number of carbonyl (C=O) groups excluding carboxylic acids is 2. The first-order valence-electron chi connectivity index (χ1n) is 7.55. The molecule has 126 valence electrons. The summed E-state index contributed by atoms with van der Waals surface area (Å²) in [4.78, 5) is 42.3. The van der Waals surface area contributed by atoms with Gasteiger partial charge in [0, 0.05) is 18.2 Å². The molecule has 0 saturated carbocycles. The van der Waals surface area contributed by atoms with Gasteiger partial charge in [0.15, 0.2) is 10.9 Å². The van der Waals surface area contributed by atoms with Crippen LogP contribution in [0.25, 0.3) is 10.9 Å². The fourth-order valence-corrected chi connectivity index (χ4v) is 3.06. The first-order chi connectivity index (χ1) is 12.0. The van der Waals surface area contributed by atoms with Gasteiger partial charge in [-0.3, -0.25) is 14.4 Å². The second-order valence-corrected chi connectivity index (χ2v) is 6.32. The number of hydrogen-bond donors (Lipinski definition) is 2. The molecule has 2 N–H and O–H groups in total. The number of aromatic amines is 1. The molecule has 3 aromatic rings. The fourth-order valence-electron chi connectivity index (χ4n) is 2.29. The maximum Gasteiger partial charge on any atom is 0.259 e. The zero-order valence-electron chi connectivity index (χ0n) is 13.4. The molecule has 25 heavy (non-hydrogen) atoms. The largest absolute Gasteiger partial charge is 0.326 e. The molecule has 0 spiro atoms. The minimum atomic E-state index is -0.222. The molecule has 0 bridgehead atoms. The van der Waals surface area contributed by atoms with Crippen molar-refractivity contribution in [3.8, 4) is 0 Å². The van der Waals surface area contributed by atoms with Crippen molar-refractivity contribution >= 4 is 40.0 Å². The Morgan fingerprint density at radius 2 is 1.84 bits per heavy atom. The van der Waals surface area contributed by atoms with Crippen LogP contribution in [-0.4, -0.2) is 27.4 Å². The van der Waals surface area contributed by atoms with Crippen LogP contribution in [0.1, 0.15) is 17.3 Å². The molecule has 0 saturated heterocycles. The van der Waals surface area contributed by atoms with E-state index in [9.17, 15) is 14.4 Å². The molecule has 0 atom stereocenters. The Labute approximate surface area is 147 Å². The van der Waals surface area contributed by atoms with Crippen molar-refractivity contribution in [1.29, 1.82) is 0 Å². The van der Waals surface area contributed by atoms with E-state index in [0.29, 0.717) is 27.3 Å². The van der Waals surface area contributed by atoms with Crippen molar-refractivity contribution < 1.29 is 9.59 Å². The number of hydrogen-bond acceptors (Lipinski definition) is 5. The lowest BCUT2D eigenvalue weighted by atomic mass is 10.1. The standard InChI is InChI=1S/C18H15N3O3S/c1-11(22)19-13-8-6-12(7-9-13)16(23)10-25-18-20-15-5-3-2-4-14(15)17(24)21-18/h2-9H,10H2,1H3,(H,19,22)(H,20,21,24). The van der Waals surface area contributed by atoms with Crippen molar-refractivity contribution in [1.82, 2.24) is 9.97 Å². The predicted molar refractivity (Wildman–Crippen MR) is 98.2 cm³/mol. The van der Waals surface area contributed by atoms with Gasteiger partial charge >= 0.3 is 0 Å². The molecule has 0 unspecified atom stereocenters. The average molecular weight is 353 g/mol. The minimum Gasteiger partial charge on any atom is -0.326 e. The molecule has 3 rings (SSSR count). The van der Waals surface area contributed by atoms with Gasteiger partial charge in [-0.15, -0.1) is 0 Å². The van der Waals surface area contributed by atoms with Gasteiger partial charge in [-0.1, -0.05) is 23.9 Å². The van der Waals surface area contributed by atoms with Crippen molar-refractivity contribution in [3.63, 3.8) is 0 Å². The number of benzene rings is 2. The van der Waals surface area contributed by atoms with E-state index in [1.54, 1.807) is 42.5 Å². The Bertz CT molecular complexity index is 996. The Hall–Kier alpha value is -2.93. The smallest absolute Gasteiger partial charge is 0.259 e. The van der Waals surface area contributed by atoms with Crippen molar-refractivity contribution in [2.45, 2.75) is 12.1 Å². The monoisotopic (exact) mass is 353 g/mol. The van der Waals surface area contributed by atoms with Gasteiger partial charge < -0.3 is 10.3 Å². The van der Waals surface area contributed by atoms with Crippen LogP contribution in [0.5, 0.6) is 0 Å². The summed E-state index contributed by atoms with van der Waals surface area (Å²) in [6, 6.07) is 13.7. The van der Waals surface area contributed by atoms with Crippen molar-refractivity contribution in [2.75, 3.05) is 11.1 Å². The third-order valence-electron chi connectivity index (χ3n) is 3.46. The summed E-state index contributed by atoms with van der Waals surface area (Å²) in [7, 11) is 0. The molecule has 1 amide bonds. The van der Waals surface area contributed by atoms with Crippen LogP contribution in [0, 0.1) is 0 Å². The number of rotatable bonds is 5. The Kier molecular flexibility index (Phi) is 4.95. The van der Waals surface area contributed by atoms with Gasteiger partial charge in [0.1, 0.15) is 0 Å². The zero-order valence-corrected chi connectivity index (χ0v) is 14.2. The third-order valence-corrected chi connectivity index (χ3v) is 4.33. The third kappa shape index (κ3) is 4.13. The lowest BCUT2D eigenvalue weighted by molar-refractivity contribution is -0.114. The van der Waals surface area contributed by atoms with Gasteiger partial charge in [-0.2, -0.15) is 0 Å². The van der Waals surface area contributed by atoms with Crippen LogP contribution in [0.4, 0.5) is 5.69 Å². The number of carbonyl (C=O) groups is 2. The summed E-state index contributed by atoms with van der Waals surface area (Å²) in [6.07, 6.45) is 0. The Balaban J connectivity index is 1.70. The number of fused-ring (bicyclic) bond motifs is 1. The molecule has 1 aromatic heterocycles. The summed E-state index contributed by atoms with van der Waals surface area (Å²) in [5, 5.41) is 3.58. The number of Topliss-reactive ketones (excluding diaryl/α,β-unsaturated/α-hetero) is 1. The van der Waals surface area contributed by atoms with E-state index in [4.69, 9.17) is 0 Å². The molecule has 0 fully saturated rings. The maximum absolute atomic E-state index is 12.3. The van der Waals surface area contributed by atoms with Crippen LogP contribution in [-0.2, 0) is 4.79 Å². The number of ketones is 1. The highest BCUT2D eigenvalue weighted by Crippen LogP contribution is 2.17. The maximum atomic E-state index is 12.3. The van der Waals surface area contributed by atoms with Gasteiger partial charge in [-0.05, 0) is 36.4 Å². The van der Waals surface area contributed by atoms with Gasteiger partial charge in [0.25, 0.3) is 5.56 Å². The van der Waals surface area contributed by atoms with E-state index in [1.807, 2.05) is 6.07 Å². The lowest BCUT2D eigenvalue weighted by Crippen LogP contribution is -2.10. The Morgan fingerprint density at radius 1 is 1.12 bits per heavy atom. The second kappa shape index (κ2) is 7.31. The number of thioether (sulfide) groups is 1. The molecule has 2 aromatic carbocycles. The number of para-hydroxylation sites is 1. The minimum absolute atomic E-state index is 0.0878. The molecular formula is C18H15N3O3S. The van der Waals surface area contributed by atoms with E-state index in [1.165, 1.54) is 18.7 Å². The topological polar surface area (TPSA) is 91.9 Å². The average Bonchev–Trinajstić information content (AvgIpc) is 2.60. The highest BCUT2D eigenvalue weighted by molar-refractivity contribution is 7.99. The van der Waals surface area contributed by atoms with Gasteiger partial charge in [0.2, 0.25) is 5.91 Å². The molecule has 0 radical (unpaired) electrons. The molecule has 0 aliphatic carbocycles. The van der Waals surface area contributed by atoms with Gasteiger partial charge in [0.05, 0.1) is 16.7 Å². The number of amides is 1. The fraction of sp³-hybridized carbons (Fsp3) is 0.111.